The summed E-state index contributed by atoms with van der Waals surface area (Å²) in [6.07, 6.45) is 0. The Labute approximate surface area is 145 Å². The fraction of sp³-hybridized carbons (Fsp3) is 0.500. The van der Waals surface area contributed by atoms with Crippen molar-refractivity contribution in [3.8, 4) is 11.5 Å². The first-order valence-corrected chi connectivity index (χ1v) is 7.94. The van der Waals surface area contributed by atoms with Crippen LogP contribution in [-0.4, -0.2) is 63.6 Å². The van der Waals surface area contributed by atoms with E-state index in [4.69, 9.17) is 19.9 Å². The largest absolute Gasteiger partial charge is 0.493 e. The molecular formula is C16H22FN5O3. The number of hydrogen-bond donors (Lipinski definition) is 2. The van der Waals surface area contributed by atoms with Crippen molar-refractivity contribution in [3.63, 3.8) is 0 Å². The van der Waals surface area contributed by atoms with E-state index in [-0.39, 0.29) is 28.9 Å². The minimum Gasteiger partial charge on any atom is -0.493 e. The Morgan fingerprint density at radius 2 is 2.12 bits per heavy atom. The number of methoxy groups -OCH3 is 3. The Hall–Kier alpha value is -2.39. The fourth-order valence-electron chi connectivity index (χ4n) is 3.03. The van der Waals surface area contributed by atoms with Crippen molar-refractivity contribution in [2.75, 3.05) is 58.2 Å². The van der Waals surface area contributed by atoms with Gasteiger partial charge in [-0.25, -0.2) is 9.37 Å². The maximum Gasteiger partial charge on any atom is 0.228 e. The summed E-state index contributed by atoms with van der Waals surface area (Å²) in [4.78, 5) is 10.8. The van der Waals surface area contributed by atoms with Gasteiger partial charge in [-0.05, 0) is 6.07 Å². The molecule has 0 aliphatic carbocycles. The molecule has 136 valence electrons. The van der Waals surface area contributed by atoms with Crippen LogP contribution in [0.5, 0.6) is 11.5 Å². The predicted molar refractivity (Wildman–Crippen MR) is 92.9 cm³/mol. The van der Waals surface area contributed by atoms with Crippen LogP contribution in [-0.2, 0) is 4.74 Å². The Balaban J connectivity index is 2.13. The molecule has 1 aliphatic rings. The molecule has 1 aromatic carbocycles. The van der Waals surface area contributed by atoms with Crippen LogP contribution in [0.2, 0.25) is 0 Å². The van der Waals surface area contributed by atoms with Crippen molar-refractivity contribution in [3.05, 3.63) is 11.9 Å². The fourth-order valence-corrected chi connectivity index (χ4v) is 3.03. The molecule has 1 unspecified atom stereocenters. The molecule has 9 heteroatoms. The summed E-state index contributed by atoms with van der Waals surface area (Å²) in [5.41, 5.74) is 6.19. The average Bonchev–Trinajstić information content (AvgIpc) is 2.62. The molecule has 0 bridgehead atoms. The van der Waals surface area contributed by atoms with Gasteiger partial charge in [0, 0.05) is 32.1 Å². The van der Waals surface area contributed by atoms with Crippen LogP contribution in [0.15, 0.2) is 6.07 Å². The lowest BCUT2D eigenvalue weighted by atomic mass is 10.2. The number of nitrogens with one attached hydrogen (secondary N) is 1. The van der Waals surface area contributed by atoms with Gasteiger partial charge in [0.25, 0.3) is 0 Å². The van der Waals surface area contributed by atoms with Crippen molar-refractivity contribution in [2.45, 2.75) is 6.04 Å². The number of aromatic nitrogens is 2. The van der Waals surface area contributed by atoms with E-state index in [1.165, 1.54) is 14.2 Å². The molecule has 0 radical (unpaired) electrons. The summed E-state index contributed by atoms with van der Waals surface area (Å²) in [6.45, 7) is 2.68. The molecule has 1 fully saturated rings. The molecule has 25 heavy (non-hydrogen) atoms. The molecule has 1 saturated heterocycles. The lowest BCUT2D eigenvalue weighted by molar-refractivity contribution is 0.170. The average molecular weight is 351 g/mol. The third kappa shape index (κ3) is 3.12. The zero-order valence-corrected chi connectivity index (χ0v) is 14.5. The van der Waals surface area contributed by atoms with Crippen molar-refractivity contribution in [2.24, 2.45) is 0 Å². The Kier molecular flexibility index (Phi) is 5.05. The first-order chi connectivity index (χ1) is 12.1. The predicted octanol–water partition coefficient (Wildman–Crippen LogP) is 0.793. The summed E-state index contributed by atoms with van der Waals surface area (Å²) < 4.78 is 30.4. The normalized spacial score (nSPS) is 17.8. The van der Waals surface area contributed by atoms with Gasteiger partial charge in [0.05, 0.1) is 26.9 Å². The molecule has 2 heterocycles. The number of benzene rings is 1. The van der Waals surface area contributed by atoms with Crippen LogP contribution in [0.4, 0.5) is 16.2 Å². The number of nitrogens with zero attached hydrogens (tertiary/aromatic N) is 3. The van der Waals surface area contributed by atoms with Gasteiger partial charge in [0.1, 0.15) is 11.3 Å². The highest BCUT2D eigenvalue weighted by molar-refractivity contribution is 5.92. The molecular weight excluding hydrogens is 329 g/mol. The summed E-state index contributed by atoms with van der Waals surface area (Å²) in [5, 5.41) is 3.68. The quantitative estimate of drug-likeness (QED) is 0.817. The second-order valence-electron chi connectivity index (χ2n) is 5.74. The lowest BCUT2D eigenvalue weighted by Gasteiger charge is -2.36. The number of nitrogens with two attached hydrogens (primary N) is 1. The van der Waals surface area contributed by atoms with E-state index < -0.39 is 5.82 Å². The highest BCUT2D eigenvalue weighted by Crippen LogP contribution is 2.37. The molecule has 3 rings (SSSR count). The van der Waals surface area contributed by atoms with Gasteiger partial charge in [0.2, 0.25) is 5.95 Å². The third-order valence-electron chi connectivity index (χ3n) is 4.26. The number of ether oxygens (including phenoxy) is 3. The van der Waals surface area contributed by atoms with Crippen molar-refractivity contribution < 1.29 is 18.6 Å². The Morgan fingerprint density at radius 3 is 2.80 bits per heavy atom. The highest BCUT2D eigenvalue weighted by Gasteiger charge is 2.27. The van der Waals surface area contributed by atoms with Gasteiger partial charge < -0.3 is 30.2 Å². The second kappa shape index (κ2) is 7.24. The minimum absolute atomic E-state index is 0.00666. The summed E-state index contributed by atoms with van der Waals surface area (Å²) in [6, 6.07) is 1.62. The maximum absolute atomic E-state index is 14.9. The summed E-state index contributed by atoms with van der Waals surface area (Å²) >= 11 is 0. The van der Waals surface area contributed by atoms with Gasteiger partial charge in [-0.1, -0.05) is 0 Å². The number of nitrogen functional groups attached to an aromatic ring is 1. The summed E-state index contributed by atoms with van der Waals surface area (Å²) in [5.74, 6) is 0.183. The monoisotopic (exact) mass is 351 g/mol. The number of piperazine rings is 1. The van der Waals surface area contributed by atoms with E-state index in [1.807, 2.05) is 4.90 Å². The van der Waals surface area contributed by atoms with Crippen molar-refractivity contribution in [1.82, 2.24) is 15.3 Å². The van der Waals surface area contributed by atoms with Gasteiger partial charge in [-0.3, -0.25) is 0 Å². The van der Waals surface area contributed by atoms with Gasteiger partial charge >= 0.3 is 0 Å². The zero-order valence-electron chi connectivity index (χ0n) is 14.5. The van der Waals surface area contributed by atoms with Crippen LogP contribution in [0, 0.1) is 5.82 Å². The standard InChI is InChI=1S/C16H22FN5O3/c1-23-8-9-7-19-4-5-22(9)16-20-13-10(15(18)21-16)6-11(24-2)14(25-3)12(13)17/h6,9,19H,4-5,7-8H2,1-3H3,(H2,18,20,21). The number of hydrogen-bond acceptors (Lipinski definition) is 8. The highest BCUT2D eigenvalue weighted by atomic mass is 19.1. The van der Waals surface area contributed by atoms with E-state index in [1.54, 1.807) is 13.2 Å². The van der Waals surface area contributed by atoms with Gasteiger partial charge in [-0.2, -0.15) is 4.98 Å². The van der Waals surface area contributed by atoms with Crippen LogP contribution in [0.1, 0.15) is 0 Å². The van der Waals surface area contributed by atoms with Crippen LogP contribution in [0.3, 0.4) is 0 Å². The lowest BCUT2D eigenvalue weighted by Crippen LogP contribution is -2.54. The molecule has 3 N–H and O–H groups in total. The third-order valence-corrected chi connectivity index (χ3v) is 4.26. The topological polar surface area (TPSA) is 94.8 Å². The molecule has 8 nitrogen and oxygen atoms in total. The van der Waals surface area contributed by atoms with Crippen molar-refractivity contribution >= 4 is 22.7 Å². The molecule has 1 aromatic heterocycles. The first-order valence-electron chi connectivity index (χ1n) is 7.94. The Morgan fingerprint density at radius 1 is 1.32 bits per heavy atom. The van der Waals surface area contributed by atoms with E-state index in [2.05, 4.69) is 15.3 Å². The van der Waals surface area contributed by atoms with Crippen LogP contribution in [0.25, 0.3) is 10.9 Å². The van der Waals surface area contributed by atoms with E-state index in [0.29, 0.717) is 24.5 Å². The summed E-state index contributed by atoms with van der Waals surface area (Å²) in [7, 11) is 4.45. The van der Waals surface area contributed by atoms with Crippen LogP contribution >= 0.6 is 0 Å². The van der Waals surface area contributed by atoms with Crippen molar-refractivity contribution in [1.29, 1.82) is 0 Å². The number of anilines is 2. The first kappa shape index (κ1) is 17.4. The van der Waals surface area contributed by atoms with E-state index in [9.17, 15) is 4.39 Å². The number of rotatable bonds is 5. The molecule has 2 aromatic rings. The zero-order chi connectivity index (χ0) is 18.0. The Bertz CT molecular complexity index is 771. The van der Waals surface area contributed by atoms with Gasteiger partial charge in [-0.15, -0.1) is 0 Å². The SMILES string of the molecule is COCC1CNCCN1c1nc(N)c2cc(OC)c(OC)c(F)c2n1. The molecule has 1 atom stereocenters. The molecule has 0 saturated carbocycles. The number of fused-ring (bicyclic) bond motifs is 1. The number of halogens is 1. The maximum atomic E-state index is 14.9. The molecule has 1 aliphatic heterocycles. The second-order valence-corrected chi connectivity index (χ2v) is 5.74. The van der Waals surface area contributed by atoms with E-state index >= 15 is 0 Å². The van der Waals surface area contributed by atoms with E-state index in [0.717, 1.165) is 13.1 Å². The minimum atomic E-state index is -0.620. The smallest absolute Gasteiger partial charge is 0.228 e. The molecule has 0 spiro atoms. The van der Waals surface area contributed by atoms with Gasteiger partial charge in [0.15, 0.2) is 17.3 Å². The molecule has 0 amide bonds. The van der Waals surface area contributed by atoms with Crippen LogP contribution < -0.4 is 25.4 Å².